The summed E-state index contributed by atoms with van der Waals surface area (Å²) in [6.45, 7) is 6.03. The van der Waals surface area contributed by atoms with Crippen molar-refractivity contribution in [2.45, 2.75) is 44.1 Å². The third-order valence-corrected chi connectivity index (χ3v) is 7.88. The van der Waals surface area contributed by atoms with Crippen molar-refractivity contribution in [3.8, 4) is 0 Å². The number of imidazole rings is 1. The molecule has 6 rings (SSSR count). The number of fused-ring (bicyclic) bond motifs is 3. The molecule has 3 heterocycles. The van der Waals surface area contributed by atoms with E-state index in [0.717, 1.165) is 30.8 Å². The van der Waals surface area contributed by atoms with Crippen molar-refractivity contribution in [1.29, 1.82) is 0 Å². The molecular weight excluding hydrogens is 344 g/mol. The zero-order valence-corrected chi connectivity index (χ0v) is 16.8. The number of likely N-dealkylation sites (tertiary alicyclic amines) is 1. The van der Waals surface area contributed by atoms with Crippen LogP contribution < -0.4 is 5.32 Å². The molecule has 2 saturated heterocycles. The number of rotatable bonds is 4. The first kappa shape index (κ1) is 17.2. The van der Waals surface area contributed by atoms with Crippen LogP contribution in [0.2, 0.25) is 0 Å². The van der Waals surface area contributed by atoms with Gasteiger partial charge in [0.15, 0.2) is 0 Å². The van der Waals surface area contributed by atoms with E-state index in [2.05, 4.69) is 51.2 Å². The van der Waals surface area contributed by atoms with Crippen LogP contribution in [0.5, 0.6) is 0 Å². The maximum atomic E-state index is 5.10. The van der Waals surface area contributed by atoms with E-state index in [1.54, 1.807) is 0 Å². The molecular formula is C24H32N4. The summed E-state index contributed by atoms with van der Waals surface area (Å²) in [5.74, 6) is 4.60. The first-order chi connectivity index (χ1) is 13.8. The molecule has 4 aliphatic rings. The van der Waals surface area contributed by atoms with Crippen LogP contribution in [0.15, 0.2) is 36.4 Å². The summed E-state index contributed by atoms with van der Waals surface area (Å²) in [6.07, 6.45) is 11.6. The van der Waals surface area contributed by atoms with Crippen LogP contribution in [0.1, 0.15) is 49.9 Å². The number of nitrogens with one attached hydrogen (secondary N) is 1. The third-order valence-electron chi connectivity index (χ3n) is 7.88. The highest BCUT2D eigenvalue weighted by molar-refractivity contribution is 5.76. The molecule has 0 radical (unpaired) electrons. The van der Waals surface area contributed by atoms with Crippen molar-refractivity contribution in [1.82, 2.24) is 19.8 Å². The maximum absolute atomic E-state index is 5.10. The molecule has 2 aliphatic carbocycles. The van der Waals surface area contributed by atoms with E-state index in [1.807, 2.05) is 0 Å². The fourth-order valence-electron chi connectivity index (χ4n) is 6.41. The first-order valence-corrected chi connectivity index (χ1v) is 11.4. The predicted molar refractivity (Wildman–Crippen MR) is 114 cm³/mol. The van der Waals surface area contributed by atoms with Crippen molar-refractivity contribution in [2.24, 2.45) is 17.8 Å². The van der Waals surface area contributed by atoms with Crippen LogP contribution in [0.25, 0.3) is 11.0 Å². The van der Waals surface area contributed by atoms with Crippen molar-refractivity contribution < 1.29 is 0 Å². The van der Waals surface area contributed by atoms with Gasteiger partial charge in [0.25, 0.3) is 0 Å². The minimum Gasteiger partial charge on any atom is -0.324 e. The summed E-state index contributed by atoms with van der Waals surface area (Å²) in [5, 5.41) is 3.54. The molecule has 4 nitrogen and oxygen atoms in total. The summed E-state index contributed by atoms with van der Waals surface area (Å²) in [5.41, 5.74) is 2.53. The number of nitrogens with zero attached hydrogens (tertiary/aromatic N) is 3. The van der Waals surface area contributed by atoms with E-state index in [-0.39, 0.29) is 0 Å². The predicted octanol–water partition coefficient (Wildman–Crippen LogP) is 3.96. The van der Waals surface area contributed by atoms with Gasteiger partial charge in [-0.1, -0.05) is 24.3 Å². The minimum absolute atomic E-state index is 0.575. The summed E-state index contributed by atoms with van der Waals surface area (Å²) in [6, 6.07) is 9.38. The molecule has 3 unspecified atom stereocenters. The number of piperidine rings is 1. The highest BCUT2D eigenvalue weighted by Gasteiger charge is 2.37. The molecule has 3 fully saturated rings. The van der Waals surface area contributed by atoms with Gasteiger partial charge in [-0.3, -0.25) is 0 Å². The SMILES string of the molecule is C1=C[C@@H]2CC1C(CN1CCC(n3c(C4CCNC4)nc4ccccc43)CC1)C2. The summed E-state index contributed by atoms with van der Waals surface area (Å²) in [4.78, 5) is 7.86. The third kappa shape index (κ3) is 2.93. The number of benzene rings is 1. The normalized spacial score (nSPS) is 33.4. The van der Waals surface area contributed by atoms with Crippen LogP contribution in [0.4, 0.5) is 0 Å². The molecule has 0 amide bonds. The molecule has 2 bridgehead atoms. The Morgan fingerprint density at radius 2 is 1.93 bits per heavy atom. The molecule has 1 N–H and O–H groups in total. The monoisotopic (exact) mass is 376 g/mol. The van der Waals surface area contributed by atoms with E-state index in [4.69, 9.17) is 4.98 Å². The molecule has 28 heavy (non-hydrogen) atoms. The second-order valence-corrected chi connectivity index (χ2v) is 9.59. The average Bonchev–Trinajstić information content (AvgIpc) is 3.51. The second-order valence-electron chi connectivity index (χ2n) is 9.59. The Labute approximate surface area is 168 Å². The van der Waals surface area contributed by atoms with E-state index >= 15 is 0 Å². The lowest BCUT2D eigenvalue weighted by molar-refractivity contribution is 0.154. The Morgan fingerprint density at radius 1 is 1.04 bits per heavy atom. The molecule has 0 spiro atoms. The highest BCUT2D eigenvalue weighted by atomic mass is 15.2. The summed E-state index contributed by atoms with van der Waals surface area (Å²) in [7, 11) is 0. The van der Waals surface area contributed by atoms with Crippen molar-refractivity contribution in [2.75, 3.05) is 32.7 Å². The largest absolute Gasteiger partial charge is 0.324 e. The molecule has 148 valence electrons. The molecule has 2 aliphatic heterocycles. The van der Waals surface area contributed by atoms with Crippen molar-refractivity contribution >= 4 is 11.0 Å². The Hall–Kier alpha value is -1.65. The zero-order chi connectivity index (χ0) is 18.5. The van der Waals surface area contributed by atoms with Gasteiger partial charge in [-0.2, -0.15) is 0 Å². The van der Waals surface area contributed by atoms with Crippen LogP contribution in [-0.4, -0.2) is 47.2 Å². The fourth-order valence-corrected chi connectivity index (χ4v) is 6.41. The van der Waals surface area contributed by atoms with Crippen LogP contribution in [-0.2, 0) is 0 Å². The summed E-state index contributed by atoms with van der Waals surface area (Å²) < 4.78 is 2.63. The standard InChI is InChI=1S/C24H32N4/c1-2-4-23-22(3-1)26-24(19-7-10-25-15-19)28(23)21-8-11-27(12-9-21)16-20-14-17-5-6-18(20)13-17/h1-6,17-21,25H,7-16H2/t17-,18?,19?,20?/m1/s1. The van der Waals surface area contributed by atoms with E-state index in [0.29, 0.717) is 12.0 Å². The number of hydrogen-bond acceptors (Lipinski definition) is 3. The topological polar surface area (TPSA) is 33.1 Å². The highest BCUT2D eigenvalue weighted by Crippen LogP contribution is 2.44. The quantitative estimate of drug-likeness (QED) is 0.820. The number of para-hydroxylation sites is 2. The van der Waals surface area contributed by atoms with Gasteiger partial charge in [-0.05, 0) is 68.5 Å². The Morgan fingerprint density at radius 3 is 2.68 bits per heavy atom. The van der Waals surface area contributed by atoms with Gasteiger partial charge in [0.1, 0.15) is 5.82 Å². The lowest BCUT2D eigenvalue weighted by Gasteiger charge is -2.36. The second kappa shape index (κ2) is 7.00. The van der Waals surface area contributed by atoms with Crippen molar-refractivity contribution in [3.63, 3.8) is 0 Å². The van der Waals surface area contributed by atoms with Crippen LogP contribution >= 0.6 is 0 Å². The number of aromatic nitrogens is 2. The summed E-state index contributed by atoms with van der Waals surface area (Å²) >= 11 is 0. The van der Waals surface area contributed by atoms with Gasteiger partial charge in [-0.15, -0.1) is 0 Å². The number of allylic oxidation sites excluding steroid dienone is 2. The zero-order valence-electron chi connectivity index (χ0n) is 16.8. The molecule has 4 heteroatoms. The van der Waals surface area contributed by atoms with Crippen LogP contribution in [0.3, 0.4) is 0 Å². The van der Waals surface area contributed by atoms with Gasteiger partial charge in [0.05, 0.1) is 11.0 Å². The van der Waals surface area contributed by atoms with Gasteiger partial charge in [-0.25, -0.2) is 4.98 Å². The Kier molecular flexibility index (Phi) is 4.31. The molecule has 4 atom stereocenters. The lowest BCUT2D eigenvalue weighted by Crippen LogP contribution is -2.39. The minimum atomic E-state index is 0.575. The van der Waals surface area contributed by atoms with Gasteiger partial charge < -0.3 is 14.8 Å². The number of hydrogen-bond donors (Lipinski definition) is 1. The molecule has 2 aromatic rings. The van der Waals surface area contributed by atoms with E-state index in [9.17, 15) is 0 Å². The molecule has 1 aromatic heterocycles. The van der Waals surface area contributed by atoms with E-state index in [1.165, 1.54) is 68.6 Å². The average molecular weight is 377 g/mol. The van der Waals surface area contributed by atoms with Crippen molar-refractivity contribution in [3.05, 3.63) is 42.2 Å². The smallest absolute Gasteiger partial charge is 0.114 e. The lowest BCUT2D eigenvalue weighted by atomic mass is 9.92. The van der Waals surface area contributed by atoms with Gasteiger partial charge in [0.2, 0.25) is 0 Å². The molecule has 1 saturated carbocycles. The first-order valence-electron chi connectivity index (χ1n) is 11.4. The van der Waals surface area contributed by atoms with Crippen LogP contribution in [0, 0.1) is 17.8 Å². The Bertz CT molecular complexity index is 870. The van der Waals surface area contributed by atoms with Gasteiger partial charge in [0, 0.05) is 38.1 Å². The maximum Gasteiger partial charge on any atom is 0.114 e. The van der Waals surface area contributed by atoms with E-state index < -0.39 is 0 Å². The van der Waals surface area contributed by atoms with Gasteiger partial charge >= 0.3 is 0 Å². The Balaban J connectivity index is 1.20. The molecule has 1 aromatic carbocycles. The fraction of sp³-hybridized carbons (Fsp3) is 0.625.